The van der Waals surface area contributed by atoms with Crippen LogP contribution in [-0.4, -0.2) is 0 Å². The van der Waals surface area contributed by atoms with Crippen LogP contribution >= 0.6 is 0 Å². The molecule has 2 aromatic rings. The van der Waals surface area contributed by atoms with Crippen LogP contribution in [0, 0.1) is 6.92 Å². The zero-order valence-corrected chi connectivity index (χ0v) is 8.28. The van der Waals surface area contributed by atoms with E-state index < -0.39 is 0 Å². The van der Waals surface area contributed by atoms with Crippen LogP contribution in [0.4, 0.5) is 0 Å². The summed E-state index contributed by atoms with van der Waals surface area (Å²) in [7, 11) is 0. The van der Waals surface area contributed by atoms with Crippen molar-refractivity contribution < 1.29 is 9.25 Å². The number of rotatable bonds is 2. The normalized spacial score (nSPS) is 13.4. The topological polar surface area (TPSA) is 48.4 Å². The van der Waals surface area contributed by atoms with Gasteiger partial charge in [0.05, 0.1) is 0 Å². The molecule has 74 valence electrons. The third-order valence-electron chi connectivity index (χ3n) is 2.45. The minimum absolute atomic E-state index is 0.206. The van der Waals surface area contributed by atoms with E-state index >= 15 is 0 Å². The van der Waals surface area contributed by atoms with Gasteiger partial charge >= 0.3 is 0 Å². The molecule has 14 heavy (non-hydrogen) atoms. The fourth-order valence-electron chi connectivity index (χ4n) is 1.64. The molecule has 0 aliphatic heterocycles. The highest BCUT2D eigenvalue weighted by atomic mass is 16.6. The predicted octanol–water partition coefficient (Wildman–Crippen LogP) is 2.69. The fraction of sp³-hybridized carbons (Fsp3) is 0.273. The van der Waals surface area contributed by atoms with Gasteiger partial charge in [-0.3, -0.25) is 4.84 Å². The summed E-state index contributed by atoms with van der Waals surface area (Å²) in [6, 6.07) is 7.90. The van der Waals surface area contributed by atoms with Crippen LogP contribution in [-0.2, 0) is 4.84 Å². The van der Waals surface area contributed by atoms with Crippen molar-refractivity contribution in [3.8, 4) is 0 Å². The lowest BCUT2D eigenvalue weighted by Gasteiger charge is -2.05. The van der Waals surface area contributed by atoms with Gasteiger partial charge in [-0.25, -0.2) is 5.90 Å². The van der Waals surface area contributed by atoms with E-state index in [1.54, 1.807) is 0 Å². The van der Waals surface area contributed by atoms with Crippen molar-refractivity contribution >= 4 is 11.0 Å². The Morgan fingerprint density at radius 3 is 2.71 bits per heavy atom. The van der Waals surface area contributed by atoms with Crippen molar-refractivity contribution in [1.82, 2.24) is 0 Å². The van der Waals surface area contributed by atoms with Gasteiger partial charge in [0.15, 0.2) is 0 Å². The summed E-state index contributed by atoms with van der Waals surface area (Å²) in [5.41, 5.74) is 1.97. The summed E-state index contributed by atoms with van der Waals surface area (Å²) in [4.78, 5) is 4.75. The number of aryl methyl sites for hydroxylation is 1. The average molecular weight is 191 g/mol. The van der Waals surface area contributed by atoms with Crippen LogP contribution in [0.1, 0.15) is 24.4 Å². The second-order valence-corrected chi connectivity index (χ2v) is 3.37. The summed E-state index contributed by atoms with van der Waals surface area (Å²) in [5, 5.41) is 1.12. The van der Waals surface area contributed by atoms with Gasteiger partial charge in [-0.1, -0.05) is 18.2 Å². The van der Waals surface area contributed by atoms with E-state index in [2.05, 4.69) is 0 Å². The van der Waals surface area contributed by atoms with Gasteiger partial charge < -0.3 is 4.42 Å². The summed E-state index contributed by atoms with van der Waals surface area (Å²) >= 11 is 0. The van der Waals surface area contributed by atoms with Gasteiger partial charge in [-0.15, -0.1) is 0 Å². The summed E-state index contributed by atoms with van der Waals surface area (Å²) < 4.78 is 5.65. The Balaban J connectivity index is 2.62. The van der Waals surface area contributed by atoms with Gasteiger partial charge in [0, 0.05) is 10.9 Å². The molecule has 2 N–H and O–H groups in total. The molecule has 3 heteroatoms. The first-order chi connectivity index (χ1) is 6.74. The molecule has 2 rings (SSSR count). The maximum absolute atomic E-state index is 5.65. The van der Waals surface area contributed by atoms with Crippen molar-refractivity contribution in [3.63, 3.8) is 0 Å². The molecule has 0 saturated carbocycles. The molecule has 0 saturated heterocycles. The van der Waals surface area contributed by atoms with Gasteiger partial charge in [-0.2, -0.15) is 0 Å². The van der Waals surface area contributed by atoms with Crippen LogP contribution in [0.25, 0.3) is 11.0 Å². The van der Waals surface area contributed by atoms with Crippen molar-refractivity contribution in [2.75, 3.05) is 0 Å². The first-order valence-corrected chi connectivity index (χ1v) is 4.57. The van der Waals surface area contributed by atoms with Crippen LogP contribution < -0.4 is 5.90 Å². The van der Waals surface area contributed by atoms with Gasteiger partial charge in [0.25, 0.3) is 0 Å². The van der Waals surface area contributed by atoms with Crippen LogP contribution in [0.5, 0.6) is 0 Å². The van der Waals surface area contributed by atoms with Gasteiger partial charge in [-0.05, 0) is 19.9 Å². The second kappa shape index (κ2) is 3.44. The Morgan fingerprint density at radius 1 is 1.36 bits per heavy atom. The number of hydrogen-bond acceptors (Lipinski definition) is 3. The third kappa shape index (κ3) is 1.31. The number of para-hydroxylation sites is 1. The average Bonchev–Trinajstić information content (AvgIpc) is 2.56. The molecule has 0 fully saturated rings. The van der Waals surface area contributed by atoms with Crippen molar-refractivity contribution in [1.29, 1.82) is 0 Å². The number of furan rings is 1. The van der Waals surface area contributed by atoms with E-state index in [-0.39, 0.29) is 6.10 Å². The van der Waals surface area contributed by atoms with Crippen molar-refractivity contribution in [2.45, 2.75) is 20.0 Å². The molecule has 3 nitrogen and oxygen atoms in total. The van der Waals surface area contributed by atoms with Crippen molar-refractivity contribution in [2.24, 2.45) is 5.90 Å². The molecule has 0 aliphatic carbocycles. The maximum Gasteiger partial charge on any atom is 0.138 e. The molecular weight excluding hydrogens is 178 g/mol. The fourth-order valence-corrected chi connectivity index (χ4v) is 1.64. The first-order valence-electron chi connectivity index (χ1n) is 4.57. The Kier molecular flexibility index (Phi) is 2.27. The lowest BCUT2D eigenvalue weighted by atomic mass is 10.1. The lowest BCUT2D eigenvalue weighted by molar-refractivity contribution is 0.0514. The molecular formula is C11H13NO2. The summed E-state index contributed by atoms with van der Waals surface area (Å²) in [6.45, 7) is 3.88. The van der Waals surface area contributed by atoms with Gasteiger partial charge in [0.2, 0.25) is 0 Å². The van der Waals surface area contributed by atoms with E-state index in [4.69, 9.17) is 15.2 Å². The Hall–Kier alpha value is -1.32. The van der Waals surface area contributed by atoms with Gasteiger partial charge in [0.1, 0.15) is 17.4 Å². The molecule has 1 heterocycles. The van der Waals surface area contributed by atoms with E-state index in [1.165, 1.54) is 0 Å². The molecule has 0 aliphatic rings. The van der Waals surface area contributed by atoms with E-state index in [9.17, 15) is 0 Å². The highest BCUT2D eigenvalue weighted by Crippen LogP contribution is 2.29. The molecule has 1 aromatic carbocycles. The van der Waals surface area contributed by atoms with Crippen LogP contribution in [0.2, 0.25) is 0 Å². The van der Waals surface area contributed by atoms with E-state index in [1.807, 2.05) is 38.1 Å². The highest BCUT2D eigenvalue weighted by molar-refractivity contribution is 5.81. The zero-order valence-electron chi connectivity index (χ0n) is 8.28. The molecule has 0 radical (unpaired) electrons. The second-order valence-electron chi connectivity index (χ2n) is 3.37. The van der Waals surface area contributed by atoms with E-state index in [0.29, 0.717) is 0 Å². The predicted molar refractivity (Wildman–Crippen MR) is 54.6 cm³/mol. The largest absolute Gasteiger partial charge is 0.458 e. The Bertz CT molecular complexity index is 447. The maximum atomic E-state index is 5.65. The zero-order chi connectivity index (χ0) is 10.1. The quantitative estimate of drug-likeness (QED) is 0.742. The van der Waals surface area contributed by atoms with Crippen molar-refractivity contribution in [3.05, 3.63) is 35.6 Å². The molecule has 0 spiro atoms. The minimum Gasteiger partial charge on any atom is -0.458 e. The SMILES string of the molecule is Cc1c(C(C)ON)oc2ccccc12. The molecule has 0 amide bonds. The van der Waals surface area contributed by atoms with Crippen LogP contribution in [0.15, 0.2) is 28.7 Å². The number of nitrogens with two attached hydrogens (primary N) is 1. The number of fused-ring (bicyclic) bond motifs is 1. The molecule has 1 atom stereocenters. The highest BCUT2D eigenvalue weighted by Gasteiger charge is 2.15. The Labute approximate surface area is 82.4 Å². The lowest BCUT2D eigenvalue weighted by Crippen LogP contribution is -2.05. The molecule has 1 unspecified atom stereocenters. The standard InChI is InChI=1S/C11H13NO2/c1-7-9-5-3-4-6-10(9)13-11(7)8(2)14-12/h3-6,8H,12H2,1-2H3. The molecule has 0 bridgehead atoms. The number of hydrogen-bond donors (Lipinski definition) is 1. The third-order valence-corrected chi connectivity index (χ3v) is 2.45. The Morgan fingerprint density at radius 2 is 2.07 bits per heavy atom. The smallest absolute Gasteiger partial charge is 0.138 e. The first kappa shape index (κ1) is 9.24. The van der Waals surface area contributed by atoms with Crippen LogP contribution in [0.3, 0.4) is 0 Å². The summed E-state index contributed by atoms with van der Waals surface area (Å²) in [5.74, 6) is 5.93. The number of benzene rings is 1. The monoisotopic (exact) mass is 191 g/mol. The minimum atomic E-state index is -0.206. The molecule has 1 aromatic heterocycles. The van der Waals surface area contributed by atoms with E-state index in [0.717, 1.165) is 22.3 Å². The summed E-state index contributed by atoms with van der Waals surface area (Å²) in [6.07, 6.45) is -0.206.